The van der Waals surface area contributed by atoms with E-state index in [1.807, 2.05) is 0 Å². The van der Waals surface area contributed by atoms with Crippen molar-refractivity contribution in [2.24, 2.45) is 0 Å². The summed E-state index contributed by atoms with van der Waals surface area (Å²) in [7, 11) is -3.64. The first-order valence-electron chi connectivity index (χ1n) is 15.9. The summed E-state index contributed by atoms with van der Waals surface area (Å²) in [4.78, 5) is 0. The van der Waals surface area contributed by atoms with Gasteiger partial charge >= 0.3 is 0 Å². The number of hydrogen-bond donors (Lipinski definition) is 0. The average molecular weight is 609 g/mol. The van der Waals surface area contributed by atoms with Crippen LogP contribution < -0.4 is 26.5 Å². The Bertz CT molecular complexity index is 1190. The first kappa shape index (κ1) is 34.4. The van der Waals surface area contributed by atoms with Crippen LogP contribution in [0, 0.1) is 0 Å². The third kappa shape index (κ3) is 6.72. The van der Waals surface area contributed by atoms with Crippen LogP contribution >= 0.6 is 22.4 Å². The zero-order valence-electron chi connectivity index (χ0n) is 28.7. The van der Waals surface area contributed by atoms with Gasteiger partial charge in [-0.3, -0.25) is 0 Å². The van der Waals surface area contributed by atoms with Gasteiger partial charge in [0.2, 0.25) is 0 Å². The summed E-state index contributed by atoms with van der Waals surface area (Å²) in [6, 6.07) is 26.8. The minimum absolute atomic E-state index is 0.524. The summed E-state index contributed by atoms with van der Waals surface area (Å²) < 4.78 is 0. The molecular formula is C38H59P3+2. The summed E-state index contributed by atoms with van der Waals surface area (Å²) in [5.74, 6) is 1.05. The molecule has 0 amide bonds. The van der Waals surface area contributed by atoms with Crippen LogP contribution in [-0.4, -0.2) is 36.0 Å². The smallest absolute Gasteiger partial charge is 0.0622 e. The van der Waals surface area contributed by atoms with Crippen molar-refractivity contribution in [2.45, 2.75) is 118 Å². The van der Waals surface area contributed by atoms with E-state index >= 15 is 0 Å². The lowest BCUT2D eigenvalue weighted by Gasteiger charge is -2.37. The van der Waals surface area contributed by atoms with Gasteiger partial charge in [-0.05, 0) is 116 Å². The molecule has 0 unspecified atom stereocenters. The molecule has 0 radical (unpaired) electrons. The van der Waals surface area contributed by atoms with Gasteiger partial charge in [-0.1, -0.05) is 70.2 Å². The van der Waals surface area contributed by atoms with Crippen molar-refractivity contribution in [3.8, 4) is 0 Å². The zero-order valence-corrected chi connectivity index (χ0v) is 31.3. The van der Waals surface area contributed by atoms with E-state index in [2.05, 4.69) is 163 Å². The fourth-order valence-electron chi connectivity index (χ4n) is 6.24. The van der Waals surface area contributed by atoms with E-state index in [0.29, 0.717) is 34.5 Å². The molecule has 3 aromatic carbocycles. The van der Waals surface area contributed by atoms with Gasteiger partial charge in [0.1, 0.15) is 10.6 Å². The maximum Gasteiger partial charge on any atom is 0.103 e. The topological polar surface area (TPSA) is 0 Å². The Labute approximate surface area is 257 Å². The van der Waals surface area contributed by atoms with Gasteiger partial charge in [0, 0.05) is 25.1 Å². The van der Waals surface area contributed by atoms with Gasteiger partial charge in [-0.2, -0.15) is 0 Å². The summed E-state index contributed by atoms with van der Waals surface area (Å²) in [5.41, 5.74) is 5.53. The van der Waals surface area contributed by atoms with E-state index in [0.717, 1.165) is 0 Å². The maximum atomic E-state index is 2.65. The van der Waals surface area contributed by atoms with E-state index in [1.165, 1.54) is 16.4 Å². The van der Waals surface area contributed by atoms with Crippen molar-refractivity contribution < 1.29 is 0 Å². The molecule has 224 valence electrons. The van der Waals surface area contributed by atoms with Gasteiger partial charge in [0.05, 0.1) is 36.0 Å². The Balaban J connectivity index is 2.55. The van der Waals surface area contributed by atoms with E-state index in [4.69, 9.17) is 0 Å². The molecule has 0 N–H and O–H groups in total. The Morgan fingerprint density at radius 1 is 0.463 bits per heavy atom. The monoisotopic (exact) mass is 608 g/mol. The third-order valence-corrected chi connectivity index (χ3v) is 24.5. The third-order valence-electron chi connectivity index (χ3n) is 10.2. The summed E-state index contributed by atoms with van der Waals surface area (Å²) >= 11 is 0. The van der Waals surface area contributed by atoms with Crippen molar-refractivity contribution in [3.63, 3.8) is 0 Å². The quantitative estimate of drug-likeness (QED) is 0.190. The van der Waals surface area contributed by atoms with Crippen LogP contribution in [0.3, 0.4) is 0 Å². The standard InChI is InChI=1S/C38H59P3/c1-26(2)32-20-22-35(37(24-32)40(13,28(5)6)29(7)8)39(34-18-16-15-17-19-34)36-23-21-33(27(3)4)25-38(36)41(14,30(9)10)31(11)12/h15-31H,1-14H3/q+2. The molecular weight excluding hydrogens is 549 g/mol. The second-order valence-corrected chi connectivity index (χ2v) is 26.0. The first-order valence-corrected chi connectivity index (χ1v) is 22.0. The van der Waals surface area contributed by atoms with Crippen molar-refractivity contribution in [3.05, 3.63) is 77.9 Å². The number of benzene rings is 3. The predicted molar refractivity (Wildman–Crippen MR) is 199 cm³/mol. The van der Waals surface area contributed by atoms with Crippen molar-refractivity contribution in [1.29, 1.82) is 0 Å². The van der Waals surface area contributed by atoms with Crippen LogP contribution in [0.15, 0.2) is 66.7 Å². The molecule has 0 saturated carbocycles. The zero-order chi connectivity index (χ0) is 30.9. The Morgan fingerprint density at radius 2 is 0.805 bits per heavy atom. The summed E-state index contributed by atoms with van der Waals surface area (Å²) in [5, 5.41) is 8.05. The lowest BCUT2D eigenvalue weighted by molar-refractivity contribution is 0.868. The lowest BCUT2D eigenvalue weighted by atomic mass is 10.0. The van der Waals surface area contributed by atoms with Gasteiger partial charge in [0.15, 0.2) is 0 Å². The Hall–Kier alpha value is -1.05. The summed E-state index contributed by atoms with van der Waals surface area (Å²) in [6.07, 6.45) is 0. The largest absolute Gasteiger partial charge is 0.103 e. The van der Waals surface area contributed by atoms with E-state index in [1.54, 1.807) is 21.2 Å². The van der Waals surface area contributed by atoms with Gasteiger partial charge in [0.25, 0.3) is 0 Å². The Morgan fingerprint density at radius 3 is 1.10 bits per heavy atom. The van der Waals surface area contributed by atoms with E-state index < -0.39 is 22.4 Å². The first-order chi connectivity index (χ1) is 19.1. The highest BCUT2D eigenvalue weighted by Crippen LogP contribution is 2.65. The van der Waals surface area contributed by atoms with Crippen LogP contribution in [0.4, 0.5) is 0 Å². The molecule has 0 heterocycles. The molecule has 41 heavy (non-hydrogen) atoms. The molecule has 3 rings (SSSR count). The number of rotatable bonds is 11. The van der Waals surface area contributed by atoms with Crippen LogP contribution in [0.2, 0.25) is 0 Å². The molecule has 0 saturated heterocycles. The SMILES string of the molecule is CC(C)c1ccc(P(c2ccccc2)c2ccc(C(C)C)cc2[P+](C)(C(C)C)C(C)C)c([P+](C)(C(C)C)C(C)C)c1. The van der Waals surface area contributed by atoms with Crippen LogP contribution in [0.25, 0.3) is 0 Å². The van der Waals surface area contributed by atoms with Gasteiger partial charge < -0.3 is 0 Å². The van der Waals surface area contributed by atoms with E-state index in [9.17, 15) is 0 Å². The molecule has 0 atom stereocenters. The molecule has 3 aromatic rings. The van der Waals surface area contributed by atoms with Crippen molar-refractivity contribution in [2.75, 3.05) is 13.3 Å². The molecule has 0 bridgehead atoms. The van der Waals surface area contributed by atoms with Crippen LogP contribution in [-0.2, 0) is 0 Å². The second-order valence-electron chi connectivity index (χ2n) is 14.1. The molecule has 3 heteroatoms. The maximum absolute atomic E-state index is 2.65. The fourth-order valence-corrected chi connectivity index (χ4v) is 17.1. The van der Waals surface area contributed by atoms with Crippen molar-refractivity contribution >= 4 is 49.0 Å². The predicted octanol–water partition coefficient (Wildman–Crippen LogP) is 9.87. The molecule has 0 aromatic heterocycles. The highest BCUT2D eigenvalue weighted by molar-refractivity contribution is 7.90. The second kappa shape index (κ2) is 13.7. The lowest BCUT2D eigenvalue weighted by Crippen LogP contribution is -2.42. The Kier molecular flexibility index (Phi) is 11.5. The molecule has 0 aliphatic rings. The number of hydrogen-bond acceptors (Lipinski definition) is 0. The van der Waals surface area contributed by atoms with Crippen molar-refractivity contribution in [1.82, 2.24) is 0 Å². The highest BCUT2D eigenvalue weighted by atomic mass is 31.2. The van der Waals surface area contributed by atoms with E-state index in [-0.39, 0.29) is 0 Å². The molecule has 0 fully saturated rings. The molecule has 0 aliphatic carbocycles. The van der Waals surface area contributed by atoms with Gasteiger partial charge in [-0.25, -0.2) is 0 Å². The summed E-state index contributed by atoms with van der Waals surface area (Å²) in [6.45, 7) is 34.5. The highest BCUT2D eigenvalue weighted by Gasteiger charge is 2.48. The van der Waals surface area contributed by atoms with Crippen LogP contribution in [0.1, 0.15) is 106 Å². The minimum Gasteiger partial charge on any atom is -0.0622 e. The molecule has 0 nitrogen and oxygen atoms in total. The van der Waals surface area contributed by atoms with Gasteiger partial charge in [-0.15, -0.1) is 0 Å². The minimum atomic E-state index is -1.46. The van der Waals surface area contributed by atoms with Crippen LogP contribution in [0.5, 0.6) is 0 Å². The fraction of sp³-hybridized carbons (Fsp3) is 0.526. The molecule has 0 aliphatic heterocycles. The molecule has 0 spiro atoms. The average Bonchev–Trinajstić information content (AvgIpc) is 2.92. The normalized spacial score (nSPS) is 13.2.